The SMILES string of the molecule is CC[C@@H](CNc1ccc(OCC(=O)O)cc1OC)NC(=O)[C@H](CC(C)C)N[C@@H](c1cccnc1)C(F)(F)F. The van der Waals surface area contributed by atoms with Crippen LogP contribution in [-0.4, -0.2) is 60.5 Å². The number of halogens is 3. The molecule has 2 rings (SSSR count). The third-order valence-electron chi connectivity index (χ3n) is 5.65. The quantitative estimate of drug-likeness (QED) is 0.266. The van der Waals surface area contributed by atoms with E-state index in [4.69, 9.17) is 14.6 Å². The number of nitrogens with one attached hydrogen (secondary N) is 3. The predicted octanol–water partition coefficient (Wildman–Crippen LogP) is 4.17. The van der Waals surface area contributed by atoms with Crippen LogP contribution in [0.2, 0.25) is 0 Å². The largest absolute Gasteiger partial charge is 0.494 e. The summed E-state index contributed by atoms with van der Waals surface area (Å²) in [5, 5.41) is 17.3. The maximum atomic E-state index is 13.9. The Morgan fingerprint density at radius 3 is 2.47 bits per heavy atom. The van der Waals surface area contributed by atoms with E-state index in [0.29, 0.717) is 23.6 Å². The van der Waals surface area contributed by atoms with Crippen molar-refractivity contribution in [2.75, 3.05) is 25.6 Å². The van der Waals surface area contributed by atoms with Gasteiger partial charge in [-0.1, -0.05) is 26.8 Å². The number of nitrogens with zero attached hydrogens (tertiary/aromatic N) is 1. The van der Waals surface area contributed by atoms with E-state index in [1.165, 1.54) is 31.5 Å². The molecule has 0 fully saturated rings. The van der Waals surface area contributed by atoms with E-state index in [-0.39, 0.29) is 24.4 Å². The molecule has 38 heavy (non-hydrogen) atoms. The highest BCUT2D eigenvalue weighted by Gasteiger charge is 2.43. The number of aromatic nitrogens is 1. The normalized spacial score (nSPS) is 13.9. The Kier molecular flexibility index (Phi) is 11.6. The molecule has 0 aliphatic heterocycles. The molecule has 0 saturated heterocycles. The van der Waals surface area contributed by atoms with E-state index in [9.17, 15) is 22.8 Å². The van der Waals surface area contributed by atoms with Crippen molar-refractivity contribution >= 4 is 17.6 Å². The number of carbonyl (C=O) groups is 2. The van der Waals surface area contributed by atoms with Crippen molar-refractivity contribution in [2.24, 2.45) is 5.92 Å². The number of aliphatic carboxylic acids is 1. The molecule has 0 saturated carbocycles. The number of hydrogen-bond acceptors (Lipinski definition) is 7. The van der Waals surface area contributed by atoms with Crippen LogP contribution in [-0.2, 0) is 9.59 Å². The van der Waals surface area contributed by atoms with Crippen molar-refractivity contribution in [3.8, 4) is 11.5 Å². The number of alkyl halides is 3. The van der Waals surface area contributed by atoms with E-state index in [1.807, 2.05) is 20.8 Å². The van der Waals surface area contributed by atoms with Gasteiger partial charge in [-0.15, -0.1) is 0 Å². The monoisotopic (exact) mass is 540 g/mol. The van der Waals surface area contributed by atoms with Crippen LogP contribution in [0.4, 0.5) is 18.9 Å². The number of rotatable bonds is 15. The molecule has 0 bridgehead atoms. The fourth-order valence-electron chi connectivity index (χ4n) is 3.73. The highest BCUT2D eigenvalue weighted by molar-refractivity contribution is 5.82. The number of hydrogen-bond donors (Lipinski definition) is 4. The Hall–Kier alpha value is -3.54. The first kappa shape index (κ1) is 30.7. The van der Waals surface area contributed by atoms with Crippen molar-refractivity contribution in [1.82, 2.24) is 15.6 Å². The summed E-state index contributed by atoms with van der Waals surface area (Å²) in [6.07, 6.45) is -1.38. The van der Waals surface area contributed by atoms with E-state index in [0.717, 1.165) is 6.20 Å². The molecule has 0 aliphatic rings. The zero-order chi connectivity index (χ0) is 28.3. The topological polar surface area (TPSA) is 122 Å². The highest BCUT2D eigenvalue weighted by Crippen LogP contribution is 2.33. The van der Waals surface area contributed by atoms with E-state index < -0.39 is 42.8 Å². The summed E-state index contributed by atoms with van der Waals surface area (Å²) in [5.74, 6) is -0.969. The lowest BCUT2D eigenvalue weighted by Crippen LogP contribution is -2.52. The van der Waals surface area contributed by atoms with Gasteiger partial charge in [0.25, 0.3) is 0 Å². The summed E-state index contributed by atoms with van der Waals surface area (Å²) in [5.41, 5.74) is 0.506. The van der Waals surface area contributed by atoms with Gasteiger partial charge in [0.2, 0.25) is 5.91 Å². The van der Waals surface area contributed by atoms with Gasteiger partial charge in [0, 0.05) is 31.0 Å². The van der Waals surface area contributed by atoms with Crippen LogP contribution in [0.3, 0.4) is 0 Å². The molecule has 0 aliphatic carbocycles. The molecule has 0 unspecified atom stereocenters. The Balaban J connectivity index is 2.11. The molecule has 4 N–H and O–H groups in total. The van der Waals surface area contributed by atoms with Gasteiger partial charge < -0.3 is 25.2 Å². The van der Waals surface area contributed by atoms with Crippen molar-refractivity contribution in [3.05, 3.63) is 48.3 Å². The third kappa shape index (κ3) is 9.73. The van der Waals surface area contributed by atoms with Gasteiger partial charge in [0.15, 0.2) is 6.61 Å². The summed E-state index contributed by atoms with van der Waals surface area (Å²) in [7, 11) is 1.45. The molecule has 3 atom stereocenters. The number of methoxy groups -OCH3 is 1. The van der Waals surface area contributed by atoms with Crippen molar-refractivity contribution in [2.45, 2.75) is 57.9 Å². The molecule has 1 heterocycles. The molecule has 2 aromatic rings. The van der Waals surface area contributed by atoms with Gasteiger partial charge in [-0.2, -0.15) is 13.2 Å². The number of benzene rings is 1. The molecule has 210 valence electrons. The Labute approximate surface area is 220 Å². The first-order valence-electron chi connectivity index (χ1n) is 12.2. The number of pyridine rings is 1. The van der Waals surface area contributed by atoms with Crippen LogP contribution in [0, 0.1) is 5.92 Å². The molecule has 0 spiro atoms. The lowest BCUT2D eigenvalue weighted by atomic mass is 9.99. The van der Waals surface area contributed by atoms with Crippen LogP contribution in [0.5, 0.6) is 11.5 Å². The molecule has 1 aromatic carbocycles. The standard InChI is InChI=1S/C26H35F3N4O5/c1-5-18(14-31-20-9-8-19(12-22(20)37-4)38-15-23(34)35)32-25(36)21(11-16(2)3)33-24(26(27,28)29)17-7-6-10-30-13-17/h6-10,12-13,16,18,21,24,31,33H,5,11,14-15H2,1-4H3,(H,32,36)(H,34,35)/t18-,21-,24-/m0/s1. The smallest absolute Gasteiger partial charge is 0.407 e. The van der Waals surface area contributed by atoms with Gasteiger partial charge in [-0.05, 0) is 42.5 Å². The van der Waals surface area contributed by atoms with Crippen LogP contribution in [0.1, 0.15) is 45.2 Å². The average molecular weight is 541 g/mol. The van der Waals surface area contributed by atoms with Gasteiger partial charge in [-0.25, -0.2) is 4.79 Å². The minimum atomic E-state index is -4.62. The number of ether oxygens (including phenoxy) is 2. The van der Waals surface area contributed by atoms with Crippen LogP contribution in [0.15, 0.2) is 42.7 Å². The zero-order valence-corrected chi connectivity index (χ0v) is 21.8. The maximum absolute atomic E-state index is 13.9. The van der Waals surface area contributed by atoms with Crippen molar-refractivity contribution < 1.29 is 37.3 Å². The molecule has 0 radical (unpaired) electrons. The Morgan fingerprint density at radius 2 is 1.92 bits per heavy atom. The fourth-order valence-corrected chi connectivity index (χ4v) is 3.73. The number of carboxylic acids is 1. The Morgan fingerprint density at radius 1 is 1.18 bits per heavy atom. The lowest BCUT2D eigenvalue weighted by molar-refractivity contribution is -0.161. The summed E-state index contributed by atoms with van der Waals surface area (Å²) < 4.78 is 52.2. The second kappa shape index (κ2) is 14.4. The predicted molar refractivity (Wildman–Crippen MR) is 136 cm³/mol. The summed E-state index contributed by atoms with van der Waals surface area (Å²) in [4.78, 5) is 27.7. The molecule has 12 heteroatoms. The van der Waals surface area contributed by atoms with Crippen LogP contribution in [0.25, 0.3) is 0 Å². The number of carboxylic acid groups (broad SMARTS) is 1. The minimum absolute atomic E-state index is 0.0367. The number of anilines is 1. The van der Waals surface area contributed by atoms with Gasteiger partial charge in [-0.3, -0.25) is 15.1 Å². The van der Waals surface area contributed by atoms with E-state index in [2.05, 4.69) is 20.9 Å². The minimum Gasteiger partial charge on any atom is -0.494 e. The third-order valence-corrected chi connectivity index (χ3v) is 5.65. The summed E-state index contributed by atoms with van der Waals surface area (Å²) in [6.45, 7) is 5.30. The first-order valence-corrected chi connectivity index (χ1v) is 12.2. The van der Waals surface area contributed by atoms with Crippen LogP contribution < -0.4 is 25.4 Å². The van der Waals surface area contributed by atoms with Gasteiger partial charge in [0.05, 0.1) is 18.8 Å². The van der Waals surface area contributed by atoms with E-state index in [1.54, 1.807) is 12.1 Å². The van der Waals surface area contributed by atoms with Crippen LogP contribution >= 0.6 is 0 Å². The summed E-state index contributed by atoms with van der Waals surface area (Å²) >= 11 is 0. The first-order chi connectivity index (χ1) is 17.9. The molecular weight excluding hydrogens is 505 g/mol. The molecule has 1 amide bonds. The zero-order valence-electron chi connectivity index (χ0n) is 21.8. The summed E-state index contributed by atoms with van der Waals surface area (Å²) in [6, 6.07) is 3.97. The maximum Gasteiger partial charge on any atom is 0.407 e. The van der Waals surface area contributed by atoms with Gasteiger partial charge in [0.1, 0.15) is 17.5 Å². The van der Waals surface area contributed by atoms with Crippen molar-refractivity contribution in [3.63, 3.8) is 0 Å². The molecular formula is C26H35F3N4O5. The number of amides is 1. The average Bonchev–Trinajstić information content (AvgIpc) is 2.87. The fraction of sp³-hybridized carbons (Fsp3) is 0.500. The molecule has 1 aromatic heterocycles. The Bertz CT molecular complexity index is 1040. The molecule has 9 nitrogen and oxygen atoms in total. The van der Waals surface area contributed by atoms with Gasteiger partial charge >= 0.3 is 12.1 Å². The second-order valence-electron chi connectivity index (χ2n) is 9.15. The second-order valence-corrected chi connectivity index (χ2v) is 9.15. The van der Waals surface area contributed by atoms with E-state index >= 15 is 0 Å². The van der Waals surface area contributed by atoms with Crippen molar-refractivity contribution in [1.29, 1.82) is 0 Å². The number of carbonyl (C=O) groups excluding carboxylic acids is 1. The lowest BCUT2D eigenvalue weighted by Gasteiger charge is -2.29. The highest BCUT2D eigenvalue weighted by atomic mass is 19.4.